The minimum atomic E-state index is -0.787. The van der Waals surface area contributed by atoms with Gasteiger partial charge in [0.1, 0.15) is 0 Å². The van der Waals surface area contributed by atoms with Gasteiger partial charge in [-0.1, -0.05) is 37.6 Å². The number of rotatable bonds is 4. The highest BCUT2D eigenvalue weighted by Gasteiger charge is 2.57. The summed E-state index contributed by atoms with van der Waals surface area (Å²) in [5, 5.41) is 41.4. The molecule has 4 aliphatic rings. The molecule has 158 valence electrons. The number of carbonyl (C=O) groups is 1. The Morgan fingerprint density at radius 3 is 2.69 bits per heavy atom. The molecule has 4 rings (SSSR count). The quantitative estimate of drug-likeness (QED) is 0.537. The Morgan fingerprint density at radius 1 is 1.28 bits per heavy atom. The molecule has 4 aliphatic carbocycles. The lowest BCUT2D eigenvalue weighted by Crippen LogP contribution is -2.44. The number of hydrogen-bond donors (Lipinski definition) is 4. The van der Waals surface area contributed by atoms with Crippen molar-refractivity contribution in [2.24, 2.45) is 28.6 Å². The zero-order chi connectivity index (χ0) is 21.1. The number of carboxylic acids is 1. The van der Waals surface area contributed by atoms with Crippen molar-refractivity contribution in [2.45, 2.75) is 65.1 Å². The van der Waals surface area contributed by atoms with E-state index in [0.29, 0.717) is 18.6 Å². The van der Waals surface area contributed by atoms with Gasteiger partial charge in [0.15, 0.2) is 0 Å². The number of aliphatic carboxylic acids is 1. The summed E-state index contributed by atoms with van der Waals surface area (Å²) in [7, 11) is 0. The van der Waals surface area contributed by atoms with E-state index in [0.717, 1.165) is 29.6 Å². The average Bonchev–Trinajstić information content (AvgIpc) is 3.01. The predicted molar refractivity (Wildman–Crippen MR) is 110 cm³/mol. The number of hydrogen-bond acceptors (Lipinski definition) is 4. The first-order chi connectivity index (χ1) is 13.6. The highest BCUT2D eigenvalue weighted by Crippen LogP contribution is 2.63. The minimum absolute atomic E-state index is 0.0321. The first-order valence-electron chi connectivity index (χ1n) is 10.7. The van der Waals surface area contributed by atoms with Crippen LogP contribution in [0.15, 0.2) is 46.8 Å². The summed E-state index contributed by atoms with van der Waals surface area (Å²) in [5.41, 5.74) is 2.04. The molecule has 0 radical (unpaired) electrons. The molecule has 0 saturated heterocycles. The Morgan fingerprint density at radius 2 is 2.00 bits per heavy atom. The van der Waals surface area contributed by atoms with Crippen molar-refractivity contribution in [2.75, 3.05) is 0 Å². The van der Waals surface area contributed by atoms with Gasteiger partial charge in [0.2, 0.25) is 0 Å². The van der Waals surface area contributed by atoms with Crippen LogP contribution in [-0.2, 0) is 4.79 Å². The molecule has 29 heavy (non-hydrogen) atoms. The lowest BCUT2D eigenvalue weighted by Gasteiger charge is -2.49. The summed E-state index contributed by atoms with van der Waals surface area (Å²) in [5.74, 6) is -0.0634. The topological polar surface area (TPSA) is 98.0 Å². The second kappa shape index (κ2) is 6.85. The fraction of sp³-hybridized carbons (Fsp3) is 0.625. The second-order valence-corrected chi connectivity index (χ2v) is 9.80. The van der Waals surface area contributed by atoms with Crippen molar-refractivity contribution in [1.29, 1.82) is 0 Å². The van der Waals surface area contributed by atoms with E-state index >= 15 is 0 Å². The summed E-state index contributed by atoms with van der Waals surface area (Å²) in [6.07, 6.45) is 9.30. The molecule has 7 atom stereocenters. The SMILES string of the molecule is C[C@H](CCC(=O)O)[C@@H]1CC[C@@H]2C3=C(C=C(O)[C@@]21C)[C@@]1(C)C=C[C@@H](O)CC1=C[C@H]3O. The van der Waals surface area contributed by atoms with E-state index in [1.54, 1.807) is 0 Å². The molecule has 0 bridgehead atoms. The summed E-state index contributed by atoms with van der Waals surface area (Å²) in [6, 6.07) is 0. The van der Waals surface area contributed by atoms with Crippen LogP contribution in [0.1, 0.15) is 52.9 Å². The smallest absolute Gasteiger partial charge is 0.303 e. The maximum Gasteiger partial charge on any atom is 0.303 e. The normalized spacial score (nSPS) is 41.8. The largest absolute Gasteiger partial charge is 0.512 e. The lowest BCUT2D eigenvalue weighted by molar-refractivity contribution is -0.137. The highest BCUT2D eigenvalue weighted by molar-refractivity contribution is 5.66. The second-order valence-electron chi connectivity index (χ2n) is 9.80. The summed E-state index contributed by atoms with van der Waals surface area (Å²) < 4.78 is 0. The molecule has 0 aromatic carbocycles. The van der Waals surface area contributed by atoms with Gasteiger partial charge in [-0.15, -0.1) is 0 Å². The molecular weight excluding hydrogens is 368 g/mol. The summed E-state index contributed by atoms with van der Waals surface area (Å²) >= 11 is 0. The molecule has 0 heterocycles. The van der Waals surface area contributed by atoms with Gasteiger partial charge in [-0.3, -0.25) is 4.79 Å². The van der Waals surface area contributed by atoms with Crippen molar-refractivity contribution in [1.82, 2.24) is 0 Å². The third-order valence-electron chi connectivity index (χ3n) is 8.27. The van der Waals surface area contributed by atoms with Crippen molar-refractivity contribution in [3.05, 3.63) is 46.8 Å². The van der Waals surface area contributed by atoms with Crippen LogP contribution < -0.4 is 0 Å². The van der Waals surface area contributed by atoms with E-state index < -0.39 is 29.0 Å². The Balaban J connectivity index is 1.73. The molecule has 0 spiro atoms. The van der Waals surface area contributed by atoms with Crippen LogP contribution in [0.4, 0.5) is 0 Å². The van der Waals surface area contributed by atoms with E-state index in [2.05, 4.69) is 20.8 Å². The molecule has 5 heteroatoms. The van der Waals surface area contributed by atoms with Gasteiger partial charge in [0.25, 0.3) is 0 Å². The zero-order valence-electron chi connectivity index (χ0n) is 17.4. The van der Waals surface area contributed by atoms with Gasteiger partial charge < -0.3 is 20.4 Å². The fourth-order valence-electron chi connectivity index (χ4n) is 6.56. The van der Waals surface area contributed by atoms with Crippen molar-refractivity contribution >= 4 is 5.97 Å². The number of allylic oxidation sites excluding steroid dienone is 4. The minimum Gasteiger partial charge on any atom is -0.512 e. The molecule has 0 aliphatic heterocycles. The van der Waals surface area contributed by atoms with Crippen molar-refractivity contribution < 1.29 is 25.2 Å². The molecule has 0 aromatic rings. The predicted octanol–water partition coefficient (Wildman–Crippen LogP) is 3.90. The Labute approximate surface area is 172 Å². The van der Waals surface area contributed by atoms with Gasteiger partial charge in [-0.25, -0.2) is 0 Å². The van der Waals surface area contributed by atoms with Gasteiger partial charge in [0, 0.05) is 17.3 Å². The van der Waals surface area contributed by atoms with Crippen LogP contribution in [-0.4, -0.2) is 38.6 Å². The van der Waals surface area contributed by atoms with Crippen LogP contribution in [0.25, 0.3) is 0 Å². The molecule has 1 saturated carbocycles. The van der Waals surface area contributed by atoms with Crippen LogP contribution in [0.3, 0.4) is 0 Å². The van der Waals surface area contributed by atoms with E-state index in [4.69, 9.17) is 5.11 Å². The van der Waals surface area contributed by atoms with E-state index in [-0.39, 0.29) is 24.2 Å². The Kier molecular flexibility index (Phi) is 4.82. The van der Waals surface area contributed by atoms with Gasteiger partial charge in [-0.2, -0.15) is 0 Å². The maximum atomic E-state index is 11.3. The monoisotopic (exact) mass is 400 g/mol. The molecule has 0 unspecified atom stereocenters. The first kappa shape index (κ1) is 20.4. The van der Waals surface area contributed by atoms with Crippen LogP contribution >= 0.6 is 0 Å². The van der Waals surface area contributed by atoms with Gasteiger partial charge in [0.05, 0.1) is 18.0 Å². The van der Waals surface area contributed by atoms with Crippen molar-refractivity contribution in [3.8, 4) is 0 Å². The Bertz CT molecular complexity index is 849. The summed E-state index contributed by atoms with van der Waals surface area (Å²) in [4.78, 5) is 11.0. The van der Waals surface area contributed by atoms with E-state index in [1.165, 1.54) is 0 Å². The number of aliphatic hydroxyl groups excluding tert-OH is 3. The van der Waals surface area contributed by atoms with Gasteiger partial charge in [-0.05, 0) is 67.6 Å². The fourth-order valence-corrected chi connectivity index (χ4v) is 6.56. The first-order valence-corrected chi connectivity index (χ1v) is 10.7. The molecule has 4 N–H and O–H groups in total. The van der Waals surface area contributed by atoms with E-state index in [1.807, 2.05) is 24.3 Å². The van der Waals surface area contributed by atoms with Crippen LogP contribution in [0, 0.1) is 28.6 Å². The maximum absolute atomic E-state index is 11.3. The molecule has 5 nitrogen and oxygen atoms in total. The zero-order valence-corrected chi connectivity index (χ0v) is 17.4. The van der Waals surface area contributed by atoms with Gasteiger partial charge >= 0.3 is 5.97 Å². The van der Waals surface area contributed by atoms with E-state index in [9.17, 15) is 20.1 Å². The summed E-state index contributed by atoms with van der Waals surface area (Å²) in [6.45, 7) is 6.26. The molecule has 0 aromatic heterocycles. The van der Waals surface area contributed by atoms with Crippen LogP contribution in [0.5, 0.6) is 0 Å². The molecule has 1 fully saturated rings. The molecule has 0 amide bonds. The lowest BCUT2D eigenvalue weighted by atomic mass is 9.56. The third kappa shape index (κ3) is 2.93. The highest BCUT2D eigenvalue weighted by atomic mass is 16.4. The molecular formula is C24H32O5. The standard InChI is InChI=1S/C24H32O5/c1-13(4-7-21(28)29)16-5-6-17-22-18(12-20(27)24(16,17)3)23(2)9-8-15(25)10-14(23)11-19(22)26/h8-9,11-13,15-17,19,25-27H,4-7,10H2,1-3H3,(H,28,29)/t13-,15-,16+,17-,19-,23+,24-/m1/s1. The van der Waals surface area contributed by atoms with Crippen molar-refractivity contribution in [3.63, 3.8) is 0 Å². The number of fused-ring (bicyclic) bond motifs is 4. The Hall–Kier alpha value is -1.85. The number of aliphatic hydroxyl groups is 3. The average molecular weight is 401 g/mol. The van der Waals surface area contributed by atoms with Crippen LogP contribution in [0.2, 0.25) is 0 Å². The number of carboxylic acid groups (broad SMARTS) is 1. The third-order valence-corrected chi connectivity index (χ3v) is 8.27.